The summed E-state index contributed by atoms with van der Waals surface area (Å²) in [6, 6.07) is 19.8. The maximum atomic E-state index is 13.3. The van der Waals surface area contributed by atoms with Gasteiger partial charge < -0.3 is 5.32 Å². The van der Waals surface area contributed by atoms with Crippen LogP contribution < -0.4 is 15.9 Å². The van der Waals surface area contributed by atoms with Crippen LogP contribution in [0.25, 0.3) is 0 Å². The number of hydrogen-bond donors (Lipinski definition) is 1. The van der Waals surface area contributed by atoms with Crippen molar-refractivity contribution in [1.82, 2.24) is 5.32 Å². The van der Waals surface area contributed by atoms with Gasteiger partial charge in [0.1, 0.15) is 0 Å². The van der Waals surface area contributed by atoms with Gasteiger partial charge in [0.05, 0.1) is 11.1 Å². The van der Waals surface area contributed by atoms with E-state index in [1.807, 2.05) is 74.5 Å². The summed E-state index contributed by atoms with van der Waals surface area (Å²) in [6.07, 6.45) is -8.91. The smallest absolute Gasteiger partial charge is 0.349 e. The lowest BCUT2D eigenvalue weighted by Crippen LogP contribution is -2.43. The Morgan fingerprint density at radius 3 is 1.64 bits per heavy atom. The topological polar surface area (TPSA) is 29.1 Å². The van der Waals surface area contributed by atoms with Crippen molar-refractivity contribution in [3.63, 3.8) is 0 Å². The second-order valence-electron chi connectivity index (χ2n) is 8.54. The van der Waals surface area contributed by atoms with E-state index in [1.165, 1.54) is 0 Å². The Morgan fingerprint density at radius 1 is 0.806 bits per heavy atom. The number of nitrogens with one attached hydrogen (secondary N) is 1. The molecule has 1 unspecified atom stereocenters. The molecular formula is C27H26F6NOP. The molecule has 3 aromatic carbocycles. The molecule has 0 fully saturated rings. The quantitative estimate of drug-likeness (QED) is 0.249. The summed E-state index contributed by atoms with van der Waals surface area (Å²) < 4.78 is 79.8. The van der Waals surface area contributed by atoms with Crippen LogP contribution in [0.4, 0.5) is 26.3 Å². The molecule has 36 heavy (non-hydrogen) atoms. The molecule has 9 heteroatoms. The standard InChI is InChI=1S/C27H26F6NOP/c1-3-18(2)24(17-36(22-10-6-4-7-11-22)23-12-8-5-9-13-23)34-25(35)19-14-20(26(28,29)30)16-21(15-19)27(31,32)33/h4-16,18,24H,3,17H2,1-2H3,(H,34,35)/t18?,24-/m1/s1. The summed E-state index contributed by atoms with van der Waals surface area (Å²) in [4.78, 5) is 13.0. The maximum Gasteiger partial charge on any atom is 0.416 e. The van der Waals surface area contributed by atoms with E-state index in [1.54, 1.807) is 0 Å². The fourth-order valence-corrected chi connectivity index (χ4v) is 6.39. The van der Waals surface area contributed by atoms with Crippen molar-refractivity contribution in [2.24, 2.45) is 5.92 Å². The molecule has 2 atom stereocenters. The first kappa shape index (κ1) is 27.7. The highest BCUT2D eigenvalue weighted by molar-refractivity contribution is 7.73. The first-order chi connectivity index (χ1) is 16.9. The number of hydrogen-bond acceptors (Lipinski definition) is 1. The molecule has 0 saturated carbocycles. The zero-order chi connectivity index (χ0) is 26.5. The predicted octanol–water partition coefficient (Wildman–Crippen LogP) is 7.00. The lowest BCUT2D eigenvalue weighted by molar-refractivity contribution is -0.143. The third-order valence-electron chi connectivity index (χ3n) is 6.01. The van der Waals surface area contributed by atoms with Crippen LogP contribution >= 0.6 is 7.92 Å². The molecule has 0 aromatic heterocycles. The van der Waals surface area contributed by atoms with Crippen LogP contribution in [0.15, 0.2) is 78.9 Å². The van der Waals surface area contributed by atoms with Crippen molar-refractivity contribution in [3.8, 4) is 0 Å². The lowest BCUT2D eigenvalue weighted by Gasteiger charge is -2.30. The average molecular weight is 525 g/mol. The van der Waals surface area contributed by atoms with Gasteiger partial charge in [-0.05, 0) is 48.8 Å². The van der Waals surface area contributed by atoms with Crippen LogP contribution in [0.5, 0.6) is 0 Å². The Balaban J connectivity index is 1.97. The van der Waals surface area contributed by atoms with Gasteiger partial charge in [0.25, 0.3) is 5.91 Å². The molecule has 0 aliphatic heterocycles. The SMILES string of the molecule is CCC(C)[C@@H](CP(c1ccccc1)c1ccccc1)NC(=O)c1cc(C(F)(F)F)cc(C(F)(F)F)c1. The maximum absolute atomic E-state index is 13.3. The zero-order valence-electron chi connectivity index (χ0n) is 19.7. The van der Waals surface area contributed by atoms with Crippen LogP contribution in [0.3, 0.4) is 0 Å². The van der Waals surface area contributed by atoms with Gasteiger partial charge in [-0.2, -0.15) is 26.3 Å². The van der Waals surface area contributed by atoms with Crippen LogP contribution in [0.2, 0.25) is 0 Å². The second kappa shape index (κ2) is 11.5. The molecule has 1 amide bonds. The normalized spacial score (nSPS) is 13.9. The summed E-state index contributed by atoms with van der Waals surface area (Å²) in [7, 11) is -0.952. The van der Waals surface area contributed by atoms with Gasteiger partial charge in [0, 0.05) is 11.6 Å². The summed E-state index contributed by atoms with van der Waals surface area (Å²) >= 11 is 0. The predicted molar refractivity (Wildman–Crippen MR) is 131 cm³/mol. The Kier molecular flexibility index (Phi) is 8.83. The van der Waals surface area contributed by atoms with E-state index >= 15 is 0 Å². The first-order valence-electron chi connectivity index (χ1n) is 11.4. The molecule has 3 rings (SSSR count). The molecule has 0 saturated heterocycles. The highest BCUT2D eigenvalue weighted by atomic mass is 31.1. The number of amides is 1. The zero-order valence-corrected chi connectivity index (χ0v) is 20.6. The van der Waals surface area contributed by atoms with Crippen LogP contribution in [-0.4, -0.2) is 18.1 Å². The Hall–Kier alpha value is -2.86. The van der Waals surface area contributed by atoms with Crippen molar-refractivity contribution in [2.45, 2.75) is 38.7 Å². The van der Waals surface area contributed by atoms with Crippen molar-refractivity contribution in [3.05, 3.63) is 95.6 Å². The summed E-state index contributed by atoms with van der Waals surface area (Å²) in [5.74, 6) is -1.03. The van der Waals surface area contributed by atoms with Crippen molar-refractivity contribution in [2.75, 3.05) is 6.16 Å². The number of alkyl halides is 6. The monoisotopic (exact) mass is 525 g/mol. The first-order valence-corrected chi connectivity index (χ1v) is 12.9. The second-order valence-corrected chi connectivity index (χ2v) is 10.8. The van der Waals surface area contributed by atoms with Gasteiger partial charge in [-0.3, -0.25) is 4.79 Å². The molecule has 0 aliphatic rings. The van der Waals surface area contributed by atoms with Crippen LogP contribution in [0.1, 0.15) is 41.8 Å². The third-order valence-corrected chi connectivity index (χ3v) is 8.61. The molecule has 192 valence electrons. The molecule has 0 bridgehead atoms. The fourth-order valence-electron chi connectivity index (χ4n) is 3.76. The third kappa shape index (κ3) is 7.10. The number of carbonyl (C=O) groups is 1. The van der Waals surface area contributed by atoms with Crippen LogP contribution in [0, 0.1) is 5.92 Å². The Bertz CT molecular complexity index is 1080. The Morgan fingerprint density at radius 2 is 1.25 bits per heavy atom. The van der Waals surface area contributed by atoms with Crippen LogP contribution in [-0.2, 0) is 12.4 Å². The largest absolute Gasteiger partial charge is 0.416 e. The number of rotatable bonds is 8. The van der Waals surface area contributed by atoms with Gasteiger partial charge >= 0.3 is 12.4 Å². The lowest BCUT2D eigenvalue weighted by atomic mass is 9.99. The van der Waals surface area contributed by atoms with E-state index in [4.69, 9.17) is 0 Å². The van der Waals surface area contributed by atoms with E-state index < -0.39 is 48.9 Å². The number of halogens is 6. The average Bonchev–Trinajstić information content (AvgIpc) is 2.85. The van der Waals surface area contributed by atoms with Gasteiger partial charge in [-0.1, -0.05) is 80.9 Å². The highest BCUT2D eigenvalue weighted by Gasteiger charge is 2.38. The summed E-state index contributed by atoms with van der Waals surface area (Å²) in [5.41, 5.74) is -3.70. The fraction of sp³-hybridized carbons (Fsp3) is 0.296. The molecule has 2 nitrogen and oxygen atoms in total. The van der Waals surface area contributed by atoms with Crippen molar-refractivity contribution >= 4 is 24.4 Å². The molecule has 3 aromatic rings. The highest BCUT2D eigenvalue weighted by Crippen LogP contribution is 2.38. The molecule has 0 heterocycles. The molecule has 1 N–H and O–H groups in total. The van der Waals surface area contributed by atoms with E-state index in [0.717, 1.165) is 10.6 Å². The molecule has 0 spiro atoms. The minimum Gasteiger partial charge on any atom is -0.349 e. The van der Waals surface area contributed by atoms with E-state index in [-0.39, 0.29) is 12.0 Å². The van der Waals surface area contributed by atoms with Gasteiger partial charge in [-0.25, -0.2) is 0 Å². The number of carbonyl (C=O) groups excluding carboxylic acids is 1. The van der Waals surface area contributed by atoms with Crippen molar-refractivity contribution in [1.29, 1.82) is 0 Å². The summed E-state index contributed by atoms with van der Waals surface area (Å²) in [5, 5.41) is 4.86. The molecular weight excluding hydrogens is 499 g/mol. The van der Waals surface area contributed by atoms with E-state index in [9.17, 15) is 31.1 Å². The van der Waals surface area contributed by atoms with Gasteiger partial charge in [0.15, 0.2) is 0 Å². The minimum atomic E-state index is -5.03. The minimum absolute atomic E-state index is 0.0208. The number of benzene rings is 3. The van der Waals surface area contributed by atoms with Crippen molar-refractivity contribution < 1.29 is 31.1 Å². The molecule has 0 radical (unpaired) electrons. The van der Waals surface area contributed by atoms with Gasteiger partial charge in [-0.15, -0.1) is 0 Å². The summed E-state index contributed by atoms with van der Waals surface area (Å²) in [6.45, 7) is 3.82. The van der Waals surface area contributed by atoms with E-state index in [2.05, 4.69) is 5.32 Å². The van der Waals surface area contributed by atoms with Gasteiger partial charge in [0.2, 0.25) is 0 Å². The Labute approximate surface area is 207 Å². The van der Waals surface area contributed by atoms with E-state index in [0.29, 0.717) is 24.7 Å². The molecule has 0 aliphatic carbocycles.